The number of rotatable bonds is 4. The normalized spacial score (nSPS) is 17.8. The number of amides is 1. The van der Waals surface area contributed by atoms with Crippen LogP contribution in [0.3, 0.4) is 0 Å². The number of benzene rings is 1. The van der Waals surface area contributed by atoms with Gasteiger partial charge in [0.15, 0.2) is 5.78 Å². The molecule has 1 atom stereocenters. The SMILES string of the molecule is Cc1nn(C)cc1C(=O)N1CCOC[C@H]1CC(=O)c1ccccc1. The molecule has 1 fully saturated rings. The predicted molar refractivity (Wildman–Crippen MR) is 89.0 cm³/mol. The minimum atomic E-state index is -0.251. The highest BCUT2D eigenvalue weighted by Crippen LogP contribution is 2.18. The first-order valence-electron chi connectivity index (χ1n) is 8.03. The minimum Gasteiger partial charge on any atom is -0.377 e. The molecule has 2 heterocycles. The van der Waals surface area contributed by atoms with E-state index in [9.17, 15) is 9.59 Å². The largest absolute Gasteiger partial charge is 0.377 e. The molecule has 1 aliphatic heterocycles. The summed E-state index contributed by atoms with van der Waals surface area (Å²) in [5.41, 5.74) is 1.94. The van der Waals surface area contributed by atoms with Gasteiger partial charge < -0.3 is 9.64 Å². The van der Waals surface area contributed by atoms with Crippen LogP contribution in [0.15, 0.2) is 36.5 Å². The van der Waals surface area contributed by atoms with Gasteiger partial charge in [0.1, 0.15) is 0 Å². The van der Waals surface area contributed by atoms with Gasteiger partial charge in [-0.3, -0.25) is 14.3 Å². The van der Waals surface area contributed by atoms with E-state index in [4.69, 9.17) is 4.74 Å². The molecule has 1 aliphatic rings. The van der Waals surface area contributed by atoms with E-state index in [2.05, 4.69) is 5.10 Å². The summed E-state index contributed by atoms with van der Waals surface area (Å²) in [7, 11) is 1.79. The second kappa shape index (κ2) is 6.97. The van der Waals surface area contributed by atoms with Crippen LogP contribution in [0.2, 0.25) is 0 Å². The van der Waals surface area contributed by atoms with Crippen molar-refractivity contribution in [2.75, 3.05) is 19.8 Å². The topological polar surface area (TPSA) is 64.4 Å². The van der Waals surface area contributed by atoms with Crippen molar-refractivity contribution >= 4 is 11.7 Å². The van der Waals surface area contributed by atoms with Crippen LogP contribution in [0, 0.1) is 6.92 Å². The van der Waals surface area contributed by atoms with Gasteiger partial charge >= 0.3 is 0 Å². The molecule has 24 heavy (non-hydrogen) atoms. The molecule has 1 saturated heterocycles. The first-order valence-corrected chi connectivity index (χ1v) is 8.03. The first kappa shape index (κ1) is 16.4. The third-order valence-corrected chi connectivity index (χ3v) is 4.25. The molecule has 0 N–H and O–H groups in total. The number of carbonyl (C=O) groups is 2. The van der Waals surface area contributed by atoms with Crippen LogP contribution in [-0.2, 0) is 11.8 Å². The molecule has 1 aromatic heterocycles. The molecule has 3 rings (SSSR count). The highest BCUT2D eigenvalue weighted by Gasteiger charge is 2.31. The van der Waals surface area contributed by atoms with Gasteiger partial charge in [-0.05, 0) is 6.92 Å². The van der Waals surface area contributed by atoms with E-state index in [-0.39, 0.29) is 24.2 Å². The molecular weight excluding hydrogens is 306 g/mol. The summed E-state index contributed by atoms with van der Waals surface area (Å²) in [6, 6.07) is 8.89. The quantitative estimate of drug-likeness (QED) is 0.804. The zero-order valence-electron chi connectivity index (χ0n) is 13.9. The Morgan fingerprint density at radius 3 is 2.71 bits per heavy atom. The van der Waals surface area contributed by atoms with Gasteiger partial charge in [0.05, 0.1) is 30.5 Å². The van der Waals surface area contributed by atoms with Crippen LogP contribution in [0.5, 0.6) is 0 Å². The standard InChI is InChI=1S/C18H21N3O3/c1-13-16(11-20(2)19-13)18(23)21-8-9-24-12-15(21)10-17(22)14-6-4-3-5-7-14/h3-7,11,15H,8-10,12H2,1-2H3/t15-/m1/s1. The third-order valence-electron chi connectivity index (χ3n) is 4.25. The number of aromatic nitrogens is 2. The van der Waals surface area contributed by atoms with Crippen molar-refractivity contribution in [2.45, 2.75) is 19.4 Å². The van der Waals surface area contributed by atoms with Crippen LogP contribution in [0.25, 0.3) is 0 Å². The number of hydrogen-bond acceptors (Lipinski definition) is 4. The number of Topliss-reactive ketones (excluding diaryl/α,β-unsaturated/α-hetero) is 1. The smallest absolute Gasteiger partial charge is 0.257 e. The zero-order chi connectivity index (χ0) is 17.1. The van der Waals surface area contributed by atoms with E-state index in [1.165, 1.54) is 0 Å². The van der Waals surface area contributed by atoms with E-state index in [0.717, 1.165) is 0 Å². The third kappa shape index (κ3) is 3.38. The highest BCUT2D eigenvalue weighted by molar-refractivity contribution is 5.98. The molecule has 1 amide bonds. The lowest BCUT2D eigenvalue weighted by molar-refractivity contribution is -0.00284. The second-order valence-corrected chi connectivity index (χ2v) is 6.02. The molecule has 0 bridgehead atoms. The summed E-state index contributed by atoms with van der Waals surface area (Å²) in [5, 5.41) is 4.23. The highest BCUT2D eigenvalue weighted by atomic mass is 16.5. The van der Waals surface area contributed by atoms with Gasteiger partial charge in [0.25, 0.3) is 5.91 Å². The molecule has 6 nitrogen and oxygen atoms in total. The minimum absolute atomic E-state index is 0.0202. The fraction of sp³-hybridized carbons (Fsp3) is 0.389. The van der Waals surface area contributed by atoms with Crippen LogP contribution < -0.4 is 0 Å². The molecule has 0 spiro atoms. The number of aryl methyl sites for hydroxylation is 2. The number of carbonyl (C=O) groups excluding carboxylic acids is 2. The Morgan fingerprint density at radius 1 is 1.29 bits per heavy atom. The van der Waals surface area contributed by atoms with E-state index < -0.39 is 0 Å². The van der Waals surface area contributed by atoms with Crippen molar-refractivity contribution in [3.63, 3.8) is 0 Å². The maximum Gasteiger partial charge on any atom is 0.257 e. The van der Waals surface area contributed by atoms with Gasteiger partial charge in [0.2, 0.25) is 0 Å². The van der Waals surface area contributed by atoms with E-state index in [1.807, 2.05) is 25.1 Å². The van der Waals surface area contributed by atoms with Gasteiger partial charge in [-0.15, -0.1) is 0 Å². The second-order valence-electron chi connectivity index (χ2n) is 6.02. The van der Waals surface area contributed by atoms with Gasteiger partial charge in [-0.1, -0.05) is 30.3 Å². The number of hydrogen-bond donors (Lipinski definition) is 0. The van der Waals surface area contributed by atoms with Crippen LogP contribution >= 0.6 is 0 Å². The Hall–Kier alpha value is -2.47. The summed E-state index contributed by atoms with van der Waals surface area (Å²) >= 11 is 0. The Morgan fingerprint density at radius 2 is 2.04 bits per heavy atom. The molecule has 6 heteroatoms. The lowest BCUT2D eigenvalue weighted by Crippen LogP contribution is -2.49. The molecule has 1 aromatic carbocycles. The Labute approximate surface area is 141 Å². The van der Waals surface area contributed by atoms with Crippen molar-refractivity contribution < 1.29 is 14.3 Å². The maximum absolute atomic E-state index is 12.9. The van der Waals surface area contributed by atoms with Crippen molar-refractivity contribution in [1.29, 1.82) is 0 Å². The summed E-state index contributed by atoms with van der Waals surface area (Å²) < 4.78 is 7.14. The summed E-state index contributed by atoms with van der Waals surface area (Å²) in [5.74, 6) is -0.0680. The van der Waals surface area contributed by atoms with Crippen molar-refractivity contribution in [3.8, 4) is 0 Å². The van der Waals surface area contributed by atoms with E-state index >= 15 is 0 Å². The monoisotopic (exact) mass is 327 g/mol. The van der Waals surface area contributed by atoms with Crippen molar-refractivity contribution in [1.82, 2.24) is 14.7 Å². The van der Waals surface area contributed by atoms with Gasteiger partial charge in [-0.25, -0.2) is 0 Å². The van der Waals surface area contributed by atoms with Crippen LogP contribution in [0.4, 0.5) is 0 Å². The maximum atomic E-state index is 12.9. The lowest BCUT2D eigenvalue weighted by Gasteiger charge is -2.35. The number of ether oxygens (including phenoxy) is 1. The van der Waals surface area contributed by atoms with Crippen LogP contribution in [-0.4, -0.2) is 52.2 Å². The Balaban J connectivity index is 1.77. The molecular formula is C18H21N3O3. The van der Waals surface area contributed by atoms with E-state index in [1.54, 1.807) is 35.0 Å². The molecule has 0 radical (unpaired) electrons. The zero-order valence-corrected chi connectivity index (χ0v) is 13.9. The number of nitrogens with zero attached hydrogens (tertiary/aromatic N) is 3. The number of ketones is 1. The summed E-state index contributed by atoms with van der Waals surface area (Å²) in [6.45, 7) is 3.17. The predicted octanol–water partition coefficient (Wildman–Crippen LogP) is 1.84. The molecule has 2 aromatic rings. The van der Waals surface area contributed by atoms with Gasteiger partial charge in [-0.2, -0.15) is 5.10 Å². The molecule has 0 unspecified atom stereocenters. The molecule has 126 valence electrons. The average Bonchev–Trinajstić information content (AvgIpc) is 2.94. The molecule has 0 saturated carbocycles. The Kier molecular flexibility index (Phi) is 4.76. The fourth-order valence-electron chi connectivity index (χ4n) is 3.01. The fourth-order valence-corrected chi connectivity index (χ4v) is 3.01. The van der Waals surface area contributed by atoms with Crippen LogP contribution in [0.1, 0.15) is 32.8 Å². The average molecular weight is 327 g/mol. The summed E-state index contributed by atoms with van der Waals surface area (Å²) in [6.07, 6.45) is 1.98. The first-order chi connectivity index (χ1) is 11.6. The van der Waals surface area contributed by atoms with Crippen molar-refractivity contribution in [3.05, 3.63) is 53.3 Å². The van der Waals surface area contributed by atoms with Crippen molar-refractivity contribution in [2.24, 2.45) is 7.05 Å². The molecule has 0 aliphatic carbocycles. The number of morpholine rings is 1. The lowest BCUT2D eigenvalue weighted by atomic mass is 10.0. The summed E-state index contributed by atoms with van der Waals surface area (Å²) in [4.78, 5) is 27.1. The van der Waals surface area contributed by atoms with Gasteiger partial charge in [0, 0.05) is 31.8 Å². The van der Waals surface area contributed by atoms with E-state index in [0.29, 0.717) is 36.6 Å². The Bertz CT molecular complexity index is 739.